The molecule has 246 valence electrons. The molecule has 1 aromatic carbocycles. The third kappa shape index (κ3) is 9.00. The Bertz CT molecular complexity index is 1460. The number of aromatic nitrogens is 3. The van der Waals surface area contributed by atoms with Crippen molar-refractivity contribution in [3.05, 3.63) is 71.6 Å². The summed E-state index contributed by atoms with van der Waals surface area (Å²) in [5.74, 6) is -1.55. The highest BCUT2D eigenvalue weighted by Gasteiger charge is 2.61. The highest BCUT2D eigenvalue weighted by molar-refractivity contribution is 7.99. The van der Waals surface area contributed by atoms with Crippen LogP contribution < -0.4 is 5.32 Å². The molecule has 1 amide bonds. The number of nitrogens with one attached hydrogen (secondary N) is 1. The molecule has 0 radical (unpaired) electrons. The third-order valence-electron chi connectivity index (χ3n) is 6.80. The van der Waals surface area contributed by atoms with Crippen LogP contribution in [-0.4, -0.2) is 43.3 Å². The fraction of sp³-hybridized carbons (Fsp3) is 0.467. The Balaban J connectivity index is 2.24. The molecule has 3 aromatic rings. The number of carbonyl (C=O) groups is 1. The van der Waals surface area contributed by atoms with Gasteiger partial charge in [0.1, 0.15) is 10.7 Å². The average Bonchev–Trinajstić information content (AvgIpc) is 3.42. The Morgan fingerprint density at radius 1 is 1.16 bits per heavy atom. The first kappa shape index (κ1) is 35.9. The van der Waals surface area contributed by atoms with E-state index >= 15 is 0 Å². The number of ether oxygens (including phenoxy) is 1. The minimum atomic E-state index is -5.06. The summed E-state index contributed by atoms with van der Waals surface area (Å²) in [6, 6.07) is 8.92. The monoisotopic (exact) mass is 660 g/mol. The number of alkyl halides is 6. The molecule has 0 aliphatic heterocycles. The van der Waals surface area contributed by atoms with E-state index in [0.717, 1.165) is 17.8 Å². The molecule has 0 aliphatic carbocycles. The highest BCUT2D eigenvalue weighted by Crippen LogP contribution is 2.47. The number of benzene rings is 1. The van der Waals surface area contributed by atoms with Crippen molar-refractivity contribution in [3.8, 4) is 11.6 Å². The van der Waals surface area contributed by atoms with Crippen molar-refractivity contribution in [1.29, 1.82) is 0 Å². The van der Waals surface area contributed by atoms with E-state index in [-0.39, 0.29) is 29.3 Å². The van der Waals surface area contributed by atoms with Crippen LogP contribution in [0.25, 0.3) is 11.6 Å². The van der Waals surface area contributed by atoms with Crippen LogP contribution in [0.5, 0.6) is 0 Å². The molecule has 2 heterocycles. The smallest absolute Gasteiger partial charge is 0.426 e. The van der Waals surface area contributed by atoms with Crippen molar-refractivity contribution < 1.29 is 45.4 Å². The largest absolute Gasteiger partial charge is 0.465 e. The Labute approximate surface area is 260 Å². The lowest BCUT2D eigenvalue weighted by molar-refractivity contribution is -0.299. The number of thioether (sulfide) groups is 1. The second-order valence-electron chi connectivity index (χ2n) is 11.0. The van der Waals surface area contributed by atoms with Gasteiger partial charge in [0, 0.05) is 10.8 Å². The average molecular weight is 661 g/mol. The second kappa shape index (κ2) is 14.2. The Hall–Kier alpha value is -3.59. The molecule has 15 heteroatoms. The zero-order valence-electron chi connectivity index (χ0n) is 25.1. The molecule has 2 atom stereocenters. The first-order chi connectivity index (χ1) is 20.9. The van der Waals surface area contributed by atoms with Crippen LogP contribution in [-0.2, 0) is 29.5 Å². The van der Waals surface area contributed by atoms with Gasteiger partial charge in [-0.25, -0.2) is 9.78 Å². The molecule has 3 rings (SSSR count). The van der Waals surface area contributed by atoms with Crippen LogP contribution >= 0.6 is 11.8 Å². The number of nitrogens with zero attached hydrogens (tertiary/aromatic N) is 3. The molecule has 0 saturated heterocycles. The molecule has 1 unspecified atom stereocenters. The molecule has 2 N–H and O–H groups in total. The summed E-state index contributed by atoms with van der Waals surface area (Å²) in [6.45, 7) is 9.38. The summed E-state index contributed by atoms with van der Waals surface area (Å²) in [5.41, 5.74) is -5.53. The fourth-order valence-corrected chi connectivity index (χ4v) is 5.38. The SMILES string of the molecule is C=CCC[C@@](OCc1ccccc1)(c1nnc(-c2nc(SC(C)CC)c(C(F)(F)F)cc2CC(C)(C)NC(=O)O)o1)C(F)(F)F. The molecule has 0 bridgehead atoms. The summed E-state index contributed by atoms with van der Waals surface area (Å²) in [7, 11) is 0. The Kier molecular flexibility index (Phi) is 11.3. The molecule has 0 saturated carbocycles. The second-order valence-corrected chi connectivity index (χ2v) is 12.4. The number of pyridine rings is 1. The van der Waals surface area contributed by atoms with Gasteiger partial charge in [0.15, 0.2) is 0 Å². The van der Waals surface area contributed by atoms with E-state index in [9.17, 15) is 36.2 Å². The van der Waals surface area contributed by atoms with E-state index in [4.69, 9.17) is 9.15 Å². The summed E-state index contributed by atoms with van der Waals surface area (Å²) in [6.07, 6.45) is -10.7. The van der Waals surface area contributed by atoms with Gasteiger partial charge in [-0.1, -0.05) is 50.3 Å². The molecule has 0 aliphatic rings. The number of hydrogen-bond donors (Lipinski definition) is 2. The van der Waals surface area contributed by atoms with Gasteiger partial charge in [0.2, 0.25) is 5.60 Å². The van der Waals surface area contributed by atoms with Crippen LogP contribution in [0, 0.1) is 0 Å². The predicted molar refractivity (Wildman–Crippen MR) is 155 cm³/mol. The number of hydrogen-bond acceptors (Lipinski definition) is 7. The quantitative estimate of drug-likeness (QED) is 0.101. The zero-order valence-corrected chi connectivity index (χ0v) is 25.9. The van der Waals surface area contributed by atoms with Gasteiger partial charge in [-0.3, -0.25) is 0 Å². The fourth-order valence-electron chi connectivity index (χ4n) is 4.39. The maximum Gasteiger partial charge on any atom is 0.426 e. The standard InChI is InChI=1S/C30H34F6N4O4S/c1-6-8-14-28(30(34,35)36,43-17-19-12-10-9-11-13-19)25-40-39-23(44-25)22-20(16-27(4,5)38-26(41)42)15-21(29(31,32)33)24(37-22)45-18(3)7-2/h6,9-13,15,18,38H,1,7-8,14,16-17H2,2-5H3,(H,41,42)/t18?,28-/m1/s1. The van der Waals surface area contributed by atoms with Crippen molar-refractivity contribution in [2.75, 3.05) is 0 Å². The van der Waals surface area contributed by atoms with Gasteiger partial charge in [-0.2, -0.15) is 26.3 Å². The number of carboxylic acid groups (broad SMARTS) is 1. The minimum absolute atomic E-state index is 0.152. The summed E-state index contributed by atoms with van der Waals surface area (Å²) >= 11 is 0.830. The number of halogens is 6. The van der Waals surface area contributed by atoms with E-state index in [1.165, 1.54) is 19.9 Å². The summed E-state index contributed by atoms with van der Waals surface area (Å²) < 4.78 is 98.4. The van der Waals surface area contributed by atoms with Gasteiger partial charge >= 0.3 is 18.4 Å². The van der Waals surface area contributed by atoms with Crippen LogP contribution in [0.2, 0.25) is 0 Å². The number of allylic oxidation sites excluding steroid dienone is 1. The van der Waals surface area contributed by atoms with Crippen LogP contribution in [0.3, 0.4) is 0 Å². The lowest BCUT2D eigenvalue weighted by Crippen LogP contribution is -2.45. The molecule has 2 aromatic heterocycles. The van der Waals surface area contributed by atoms with Crippen molar-refractivity contribution in [2.45, 2.75) is 93.8 Å². The van der Waals surface area contributed by atoms with E-state index in [0.29, 0.717) is 12.0 Å². The van der Waals surface area contributed by atoms with Crippen molar-refractivity contribution in [3.63, 3.8) is 0 Å². The number of rotatable bonds is 14. The minimum Gasteiger partial charge on any atom is -0.465 e. The van der Waals surface area contributed by atoms with Gasteiger partial charge in [-0.05, 0) is 56.7 Å². The normalized spacial score (nSPS) is 14.5. The van der Waals surface area contributed by atoms with Gasteiger partial charge in [0.05, 0.1) is 12.2 Å². The van der Waals surface area contributed by atoms with Crippen LogP contribution in [0.1, 0.15) is 69.5 Å². The van der Waals surface area contributed by atoms with Crippen molar-refractivity contribution in [1.82, 2.24) is 20.5 Å². The maximum atomic E-state index is 14.9. The van der Waals surface area contributed by atoms with Gasteiger partial charge < -0.3 is 19.6 Å². The molecule has 45 heavy (non-hydrogen) atoms. The first-order valence-corrected chi connectivity index (χ1v) is 14.8. The highest BCUT2D eigenvalue weighted by atomic mass is 32.2. The Morgan fingerprint density at radius 2 is 1.82 bits per heavy atom. The lowest BCUT2D eigenvalue weighted by atomic mass is 9.93. The van der Waals surface area contributed by atoms with E-state index in [1.54, 1.807) is 44.2 Å². The molecule has 0 spiro atoms. The van der Waals surface area contributed by atoms with E-state index in [1.807, 2.05) is 0 Å². The van der Waals surface area contributed by atoms with Crippen molar-refractivity contribution in [2.24, 2.45) is 0 Å². The zero-order chi connectivity index (χ0) is 33.6. The Morgan fingerprint density at radius 3 is 2.38 bits per heavy atom. The predicted octanol–water partition coefficient (Wildman–Crippen LogP) is 8.57. The molecule has 0 fully saturated rings. The van der Waals surface area contributed by atoms with Crippen LogP contribution in [0.15, 0.2) is 58.5 Å². The van der Waals surface area contributed by atoms with Crippen LogP contribution in [0.4, 0.5) is 31.1 Å². The topological polar surface area (TPSA) is 110 Å². The molecular formula is C30H34F6N4O4S. The summed E-state index contributed by atoms with van der Waals surface area (Å²) in [5, 5.41) is 18.2. The van der Waals surface area contributed by atoms with Gasteiger partial charge in [-0.15, -0.1) is 28.5 Å². The van der Waals surface area contributed by atoms with E-state index in [2.05, 4.69) is 27.1 Å². The number of amides is 1. The first-order valence-electron chi connectivity index (χ1n) is 13.9. The van der Waals surface area contributed by atoms with Crippen molar-refractivity contribution >= 4 is 17.9 Å². The molecular weight excluding hydrogens is 626 g/mol. The summed E-state index contributed by atoms with van der Waals surface area (Å²) in [4.78, 5) is 15.6. The van der Waals surface area contributed by atoms with E-state index < -0.39 is 65.0 Å². The van der Waals surface area contributed by atoms with Gasteiger partial charge in [0.25, 0.3) is 11.8 Å². The third-order valence-corrected chi connectivity index (χ3v) is 8.07. The lowest BCUT2D eigenvalue weighted by Gasteiger charge is -2.32. The maximum absolute atomic E-state index is 14.9. The molecule has 8 nitrogen and oxygen atoms in total.